The summed E-state index contributed by atoms with van der Waals surface area (Å²) in [5.74, 6) is -1.92. The Balaban J connectivity index is 2.96. The van der Waals surface area contributed by atoms with E-state index in [1.165, 1.54) is 18.2 Å². The van der Waals surface area contributed by atoms with Crippen LogP contribution in [0.4, 0.5) is 14.9 Å². The van der Waals surface area contributed by atoms with Crippen molar-refractivity contribution in [3.63, 3.8) is 0 Å². The smallest absolute Gasteiger partial charge is 0.412 e. The van der Waals surface area contributed by atoms with Crippen LogP contribution in [0.1, 0.15) is 45.6 Å². The maximum atomic E-state index is 13.4. The lowest BCUT2D eigenvalue weighted by molar-refractivity contribution is -0.137. The van der Waals surface area contributed by atoms with E-state index in [1.54, 1.807) is 27.7 Å². The number of hydrogen-bond acceptors (Lipinski definition) is 3. The van der Waals surface area contributed by atoms with E-state index >= 15 is 0 Å². The van der Waals surface area contributed by atoms with E-state index in [-0.39, 0.29) is 6.42 Å². The number of amides is 1. The van der Waals surface area contributed by atoms with Gasteiger partial charge in [-0.2, -0.15) is 0 Å². The average Bonchev–Trinajstić information content (AvgIpc) is 2.27. The molecule has 21 heavy (non-hydrogen) atoms. The van der Waals surface area contributed by atoms with Crippen LogP contribution in [-0.2, 0) is 9.53 Å². The number of anilines is 1. The second-order valence-electron chi connectivity index (χ2n) is 5.86. The van der Waals surface area contributed by atoms with Gasteiger partial charge < -0.3 is 9.84 Å². The molecule has 0 saturated heterocycles. The van der Waals surface area contributed by atoms with Crippen LogP contribution in [0.2, 0.25) is 0 Å². The average molecular weight is 297 g/mol. The van der Waals surface area contributed by atoms with E-state index in [0.29, 0.717) is 11.3 Å². The highest BCUT2D eigenvalue weighted by Crippen LogP contribution is 2.28. The molecule has 0 bridgehead atoms. The molecule has 6 heteroatoms. The molecule has 5 nitrogen and oxygen atoms in total. The molecule has 1 rings (SSSR count). The molecule has 1 atom stereocenters. The summed E-state index contributed by atoms with van der Waals surface area (Å²) in [4.78, 5) is 22.5. The zero-order valence-electron chi connectivity index (χ0n) is 12.6. The number of rotatable bonds is 4. The Kier molecular flexibility index (Phi) is 5.29. The molecule has 0 saturated carbocycles. The fourth-order valence-electron chi connectivity index (χ4n) is 1.84. The third-order valence-corrected chi connectivity index (χ3v) is 2.66. The molecular weight excluding hydrogens is 277 g/mol. The summed E-state index contributed by atoms with van der Waals surface area (Å²) in [5, 5.41) is 11.4. The lowest BCUT2D eigenvalue weighted by Gasteiger charge is -2.21. The van der Waals surface area contributed by atoms with Gasteiger partial charge in [-0.25, -0.2) is 9.18 Å². The normalized spacial score (nSPS) is 12.6. The molecule has 0 aliphatic heterocycles. The lowest BCUT2D eigenvalue weighted by Crippen LogP contribution is -2.27. The third-order valence-electron chi connectivity index (χ3n) is 2.66. The zero-order chi connectivity index (χ0) is 16.2. The van der Waals surface area contributed by atoms with E-state index in [9.17, 15) is 14.0 Å². The predicted octanol–water partition coefficient (Wildman–Crippen LogP) is 3.75. The molecule has 2 N–H and O–H groups in total. The number of halogens is 1. The van der Waals surface area contributed by atoms with E-state index in [4.69, 9.17) is 9.84 Å². The van der Waals surface area contributed by atoms with Crippen molar-refractivity contribution < 1.29 is 23.8 Å². The van der Waals surface area contributed by atoms with E-state index in [2.05, 4.69) is 5.32 Å². The van der Waals surface area contributed by atoms with E-state index in [1.807, 2.05) is 0 Å². The van der Waals surface area contributed by atoms with Crippen molar-refractivity contribution in [2.75, 3.05) is 5.32 Å². The summed E-state index contributed by atoms with van der Waals surface area (Å²) in [7, 11) is 0. The summed E-state index contributed by atoms with van der Waals surface area (Å²) in [6.45, 7) is 6.84. The van der Waals surface area contributed by atoms with Crippen LogP contribution < -0.4 is 5.32 Å². The number of carbonyl (C=O) groups excluding carboxylic acids is 1. The maximum Gasteiger partial charge on any atom is 0.412 e. The molecule has 116 valence electrons. The number of carbonyl (C=O) groups is 2. The Bertz CT molecular complexity index is 537. The first kappa shape index (κ1) is 16.9. The van der Waals surface area contributed by atoms with Crippen LogP contribution in [-0.4, -0.2) is 22.8 Å². The zero-order valence-corrected chi connectivity index (χ0v) is 12.6. The molecule has 0 aromatic heterocycles. The highest BCUT2D eigenvalue weighted by atomic mass is 19.1. The van der Waals surface area contributed by atoms with Gasteiger partial charge in [0.25, 0.3) is 0 Å². The SMILES string of the molecule is CC(CC(=O)O)c1cc(F)ccc1NC(=O)OC(C)(C)C. The number of hydrogen-bond donors (Lipinski definition) is 2. The van der Waals surface area contributed by atoms with Gasteiger partial charge in [0.05, 0.1) is 6.42 Å². The Hall–Kier alpha value is -2.11. The number of carboxylic acid groups (broad SMARTS) is 1. The first-order valence-corrected chi connectivity index (χ1v) is 6.59. The van der Waals surface area contributed by atoms with Crippen LogP contribution in [0.3, 0.4) is 0 Å². The maximum absolute atomic E-state index is 13.4. The summed E-state index contributed by atoms with van der Waals surface area (Å²) in [6.07, 6.45) is -0.829. The largest absolute Gasteiger partial charge is 0.481 e. The Labute approximate surface area is 123 Å². The molecule has 0 radical (unpaired) electrons. The van der Waals surface area contributed by atoms with Crippen molar-refractivity contribution >= 4 is 17.7 Å². The predicted molar refractivity (Wildman–Crippen MR) is 76.9 cm³/mol. The first-order chi connectivity index (χ1) is 9.58. The highest BCUT2D eigenvalue weighted by Gasteiger charge is 2.20. The van der Waals surface area contributed by atoms with Crippen molar-refractivity contribution in [2.24, 2.45) is 0 Å². The summed E-state index contributed by atoms with van der Waals surface area (Å²) < 4.78 is 18.5. The molecule has 1 aromatic rings. The molecule has 1 unspecified atom stereocenters. The Morgan fingerprint density at radius 3 is 2.52 bits per heavy atom. The monoisotopic (exact) mass is 297 g/mol. The van der Waals surface area contributed by atoms with Crippen molar-refractivity contribution in [3.05, 3.63) is 29.6 Å². The molecule has 0 aliphatic rings. The molecule has 0 heterocycles. The number of nitrogens with one attached hydrogen (secondary N) is 1. The van der Waals surface area contributed by atoms with Gasteiger partial charge in [-0.15, -0.1) is 0 Å². The topological polar surface area (TPSA) is 75.6 Å². The molecule has 0 aliphatic carbocycles. The van der Waals surface area contributed by atoms with Gasteiger partial charge >= 0.3 is 12.1 Å². The Morgan fingerprint density at radius 1 is 1.38 bits per heavy atom. The van der Waals surface area contributed by atoms with Crippen molar-refractivity contribution in [1.29, 1.82) is 0 Å². The minimum absolute atomic E-state index is 0.160. The number of ether oxygens (including phenoxy) is 1. The molecule has 1 amide bonds. The molecule has 1 aromatic carbocycles. The minimum atomic E-state index is -0.991. The van der Waals surface area contributed by atoms with Gasteiger partial charge in [-0.3, -0.25) is 10.1 Å². The van der Waals surface area contributed by atoms with Crippen LogP contribution >= 0.6 is 0 Å². The summed E-state index contributed by atoms with van der Waals surface area (Å²) in [6, 6.07) is 3.82. The van der Waals surface area contributed by atoms with Gasteiger partial charge in [-0.1, -0.05) is 6.92 Å². The van der Waals surface area contributed by atoms with Crippen molar-refractivity contribution in [1.82, 2.24) is 0 Å². The van der Waals surface area contributed by atoms with Gasteiger partial charge in [-0.05, 0) is 50.5 Å². The quantitative estimate of drug-likeness (QED) is 0.887. The fraction of sp³-hybridized carbons (Fsp3) is 0.467. The third kappa shape index (κ3) is 5.81. The number of benzene rings is 1. The lowest BCUT2D eigenvalue weighted by atomic mass is 9.96. The summed E-state index contributed by atoms with van der Waals surface area (Å²) >= 11 is 0. The van der Waals surface area contributed by atoms with Crippen molar-refractivity contribution in [3.8, 4) is 0 Å². The van der Waals surface area contributed by atoms with Crippen molar-refractivity contribution in [2.45, 2.75) is 45.6 Å². The summed E-state index contributed by atoms with van der Waals surface area (Å²) in [5.41, 5.74) is 0.111. The van der Waals surface area contributed by atoms with E-state index in [0.717, 1.165) is 0 Å². The molecular formula is C15H20FNO4. The second-order valence-corrected chi connectivity index (χ2v) is 5.86. The van der Waals surface area contributed by atoms with E-state index < -0.39 is 29.4 Å². The molecule has 0 spiro atoms. The van der Waals surface area contributed by atoms with Gasteiger partial charge in [0.15, 0.2) is 0 Å². The highest BCUT2D eigenvalue weighted by molar-refractivity contribution is 5.86. The van der Waals surface area contributed by atoms with Crippen LogP contribution in [0.25, 0.3) is 0 Å². The van der Waals surface area contributed by atoms with Crippen LogP contribution in [0, 0.1) is 5.82 Å². The number of carboxylic acids is 1. The van der Waals surface area contributed by atoms with Gasteiger partial charge in [0.2, 0.25) is 0 Å². The van der Waals surface area contributed by atoms with Gasteiger partial charge in [0, 0.05) is 5.69 Å². The van der Waals surface area contributed by atoms with Crippen LogP contribution in [0.5, 0.6) is 0 Å². The first-order valence-electron chi connectivity index (χ1n) is 6.59. The molecule has 0 fully saturated rings. The Morgan fingerprint density at radius 2 is 2.00 bits per heavy atom. The fourth-order valence-corrected chi connectivity index (χ4v) is 1.84. The second kappa shape index (κ2) is 6.56. The minimum Gasteiger partial charge on any atom is -0.481 e. The van der Waals surface area contributed by atoms with Crippen LogP contribution in [0.15, 0.2) is 18.2 Å². The van der Waals surface area contributed by atoms with Gasteiger partial charge in [0.1, 0.15) is 11.4 Å². The standard InChI is InChI=1S/C15H20FNO4/c1-9(7-13(18)19)11-8-10(16)5-6-12(11)17-14(20)21-15(2,3)4/h5-6,8-9H,7H2,1-4H3,(H,17,20)(H,18,19). The number of aliphatic carboxylic acids is 1.